The molecule has 1 heterocycles. The molecule has 0 aliphatic heterocycles. The van der Waals surface area contributed by atoms with Crippen molar-refractivity contribution in [3.63, 3.8) is 0 Å². The maximum Gasteiger partial charge on any atom is 0.488 e. The van der Waals surface area contributed by atoms with Crippen LogP contribution in [0.15, 0.2) is 53.7 Å². The number of carbonyl (C=O) groups excluding carboxylic acids is 1. The lowest BCUT2D eigenvalue weighted by Crippen LogP contribution is -2.29. The molecule has 0 atom stereocenters. The summed E-state index contributed by atoms with van der Waals surface area (Å²) in [5.74, 6) is 0. The first kappa shape index (κ1) is 21.5. The first-order valence-corrected chi connectivity index (χ1v) is 11.1. The molecule has 1 aliphatic rings. The molecular weight excluding hydrogens is 411 g/mol. The van der Waals surface area contributed by atoms with Crippen LogP contribution in [-0.4, -0.2) is 33.0 Å². The number of anilines is 1. The molecule has 0 saturated heterocycles. The molecule has 0 unspecified atom stereocenters. The molecule has 2 amide bonds. The van der Waals surface area contributed by atoms with Crippen LogP contribution in [0.3, 0.4) is 0 Å². The van der Waals surface area contributed by atoms with E-state index in [0.29, 0.717) is 10.5 Å². The smallest absolute Gasteiger partial charge is 0.423 e. The number of amides is 2. The fraction of sp³-hybridized carbons (Fsp3) is 0.273. The van der Waals surface area contributed by atoms with Gasteiger partial charge in [0.2, 0.25) is 0 Å². The summed E-state index contributed by atoms with van der Waals surface area (Å²) in [5, 5.41) is 27.3. The molecule has 4 rings (SSSR count). The number of carbonyl (C=O) groups is 1. The predicted octanol–water partition coefficient (Wildman–Crippen LogP) is 3.13. The van der Waals surface area contributed by atoms with Crippen molar-refractivity contribution >= 4 is 36.2 Å². The number of hydrogen-bond acceptors (Lipinski definition) is 5. The first-order valence-electron chi connectivity index (χ1n) is 10.3. The van der Waals surface area contributed by atoms with Gasteiger partial charge >= 0.3 is 13.1 Å². The lowest BCUT2D eigenvalue weighted by molar-refractivity contribution is 0.257. The Hall–Kier alpha value is -2.75. The zero-order valence-electron chi connectivity index (χ0n) is 17.5. The molecular formula is C22H25BN4O3S. The second-order valence-corrected chi connectivity index (χ2v) is 8.69. The second kappa shape index (κ2) is 9.17. The molecule has 1 aliphatic carbocycles. The number of urea groups is 1. The quantitative estimate of drug-likeness (QED) is 0.352. The number of aromatic nitrogens is 2. The van der Waals surface area contributed by atoms with Crippen LogP contribution in [0.25, 0.3) is 11.1 Å². The van der Waals surface area contributed by atoms with Crippen molar-refractivity contribution in [2.45, 2.75) is 44.2 Å². The first-order chi connectivity index (χ1) is 14.9. The molecule has 0 radical (unpaired) electrons. The Bertz CT molecular complexity index is 1100. The maximum absolute atomic E-state index is 12.7. The molecule has 0 saturated carbocycles. The van der Waals surface area contributed by atoms with Crippen molar-refractivity contribution in [2.75, 3.05) is 5.32 Å². The van der Waals surface area contributed by atoms with Crippen LogP contribution in [-0.2, 0) is 12.8 Å². The summed E-state index contributed by atoms with van der Waals surface area (Å²) < 4.78 is 4.65. The summed E-state index contributed by atoms with van der Waals surface area (Å²) in [6.45, 7) is 4.09. The molecule has 9 heteroatoms. The van der Waals surface area contributed by atoms with Crippen molar-refractivity contribution in [2.24, 2.45) is 0 Å². The number of fused-ring (bicyclic) bond motifs is 1. The van der Waals surface area contributed by atoms with Gasteiger partial charge in [0.1, 0.15) is 5.03 Å². The molecule has 0 spiro atoms. The Labute approximate surface area is 186 Å². The highest BCUT2D eigenvalue weighted by atomic mass is 32.2. The van der Waals surface area contributed by atoms with Gasteiger partial charge in [-0.2, -0.15) is 5.10 Å². The molecule has 0 bridgehead atoms. The van der Waals surface area contributed by atoms with Gasteiger partial charge in [0.25, 0.3) is 0 Å². The van der Waals surface area contributed by atoms with Crippen LogP contribution in [0.2, 0.25) is 0 Å². The predicted molar refractivity (Wildman–Crippen MR) is 124 cm³/mol. The van der Waals surface area contributed by atoms with E-state index in [9.17, 15) is 14.8 Å². The van der Waals surface area contributed by atoms with E-state index in [1.807, 2.05) is 42.9 Å². The van der Waals surface area contributed by atoms with Crippen LogP contribution >= 0.6 is 11.9 Å². The van der Waals surface area contributed by atoms with E-state index in [0.717, 1.165) is 41.6 Å². The van der Waals surface area contributed by atoms with Crippen LogP contribution in [0.4, 0.5) is 10.5 Å². The van der Waals surface area contributed by atoms with Gasteiger partial charge in [0.05, 0.1) is 5.69 Å². The molecule has 1 aromatic heterocycles. The normalized spacial score (nSPS) is 12.7. The number of rotatable bonds is 6. The largest absolute Gasteiger partial charge is 0.488 e. The van der Waals surface area contributed by atoms with E-state index in [-0.39, 0.29) is 12.1 Å². The monoisotopic (exact) mass is 436 g/mol. The summed E-state index contributed by atoms with van der Waals surface area (Å²) in [6.07, 6.45) is 4.82. The van der Waals surface area contributed by atoms with Gasteiger partial charge in [-0.3, -0.25) is 9.40 Å². The number of hydrogen-bond donors (Lipinski definition) is 4. The van der Waals surface area contributed by atoms with Gasteiger partial charge in [0, 0.05) is 29.8 Å². The molecule has 0 fully saturated rings. The highest BCUT2D eigenvalue weighted by molar-refractivity contribution is 7.97. The van der Waals surface area contributed by atoms with Gasteiger partial charge in [-0.25, -0.2) is 4.79 Å². The molecule has 4 N–H and O–H groups in total. The third-order valence-corrected chi connectivity index (χ3v) is 6.09. The average Bonchev–Trinajstić information content (AvgIpc) is 3.42. The Morgan fingerprint density at radius 2 is 2.03 bits per heavy atom. The minimum atomic E-state index is -1.55. The van der Waals surface area contributed by atoms with E-state index in [1.165, 1.54) is 17.5 Å². The average molecular weight is 436 g/mol. The Morgan fingerprint density at radius 1 is 1.19 bits per heavy atom. The van der Waals surface area contributed by atoms with E-state index < -0.39 is 7.12 Å². The van der Waals surface area contributed by atoms with Gasteiger partial charge in [-0.1, -0.05) is 36.4 Å². The number of nitrogens with zero attached hydrogens (tertiary/aromatic N) is 2. The second-order valence-electron chi connectivity index (χ2n) is 7.86. The number of nitrogens with one attached hydrogen (secondary N) is 2. The van der Waals surface area contributed by atoms with Crippen molar-refractivity contribution in [3.05, 3.63) is 59.8 Å². The fourth-order valence-electron chi connectivity index (χ4n) is 3.82. The standard InChI is InChI=1S/C22H25BN4O3S/c1-14(2)27-12-11-20(25-27)31-26-22(28)24-21-18-8-4-5-15(18)9-10-19(21)16-6-3-7-17(13-16)23(29)30/h3,6-7,9-14,29-30H,4-5,8H2,1-2H3,(H2,24,26,28). The third kappa shape index (κ3) is 4.79. The summed E-state index contributed by atoms with van der Waals surface area (Å²) in [7, 11) is -1.55. The SMILES string of the molecule is CC(C)n1ccc(SNC(=O)Nc2c(-c3cccc(B(O)O)c3)ccc3c2CCC3)n1. The highest BCUT2D eigenvalue weighted by Gasteiger charge is 2.21. The van der Waals surface area contributed by atoms with E-state index in [1.54, 1.807) is 18.2 Å². The molecule has 3 aromatic rings. The summed E-state index contributed by atoms with van der Waals surface area (Å²) in [4.78, 5) is 12.7. The van der Waals surface area contributed by atoms with Gasteiger partial charge < -0.3 is 15.4 Å². The lowest BCUT2D eigenvalue weighted by Gasteiger charge is -2.17. The van der Waals surface area contributed by atoms with E-state index >= 15 is 0 Å². The number of aryl methyl sites for hydroxylation is 1. The van der Waals surface area contributed by atoms with E-state index in [4.69, 9.17) is 0 Å². The van der Waals surface area contributed by atoms with Crippen LogP contribution in [0.5, 0.6) is 0 Å². The Kier molecular flexibility index (Phi) is 6.36. The Balaban J connectivity index is 1.57. The molecule has 7 nitrogen and oxygen atoms in total. The zero-order valence-corrected chi connectivity index (χ0v) is 18.3. The van der Waals surface area contributed by atoms with Crippen molar-refractivity contribution in [1.82, 2.24) is 14.5 Å². The topological polar surface area (TPSA) is 99.4 Å². The van der Waals surface area contributed by atoms with Crippen LogP contribution in [0, 0.1) is 0 Å². The van der Waals surface area contributed by atoms with Crippen LogP contribution < -0.4 is 15.5 Å². The van der Waals surface area contributed by atoms with Gasteiger partial charge in [0.15, 0.2) is 0 Å². The summed E-state index contributed by atoms with van der Waals surface area (Å²) >= 11 is 1.17. The minimum Gasteiger partial charge on any atom is -0.423 e. The highest BCUT2D eigenvalue weighted by Crippen LogP contribution is 2.37. The fourth-order valence-corrected chi connectivity index (χ4v) is 4.33. The van der Waals surface area contributed by atoms with Crippen molar-refractivity contribution in [3.8, 4) is 11.1 Å². The minimum absolute atomic E-state index is 0.255. The zero-order chi connectivity index (χ0) is 22.0. The molecule has 160 valence electrons. The molecule has 2 aromatic carbocycles. The Morgan fingerprint density at radius 3 is 2.77 bits per heavy atom. The molecule has 31 heavy (non-hydrogen) atoms. The van der Waals surface area contributed by atoms with Crippen molar-refractivity contribution in [1.29, 1.82) is 0 Å². The van der Waals surface area contributed by atoms with Gasteiger partial charge in [-0.15, -0.1) is 0 Å². The van der Waals surface area contributed by atoms with Crippen molar-refractivity contribution < 1.29 is 14.8 Å². The third-order valence-electron chi connectivity index (χ3n) is 5.38. The van der Waals surface area contributed by atoms with Gasteiger partial charge in [-0.05, 0) is 61.3 Å². The van der Waals surface area contributed by atoms with Crippen LogP contribution in [0.1, 0.15) is 37.4 Å². The van der Waals surface area contributed by atoms with E-state index in [2.05, 4.69) is 21.2 Å². The summed E-state index contributed by atoms with van der Waals surface area (Å²) in [6, 6.07) is 12.9. The summed E-state index contributed by atoms with van der Waals surface area (Å²) in [5.41, 5.74) is 5.22. The lowest BCUT2D eigenvalue weighted by atomic mass is 9.79. The maximum atomic E-state index is 12.7. The number of benzene rings is 2.